The summed E-state index contributed by atoms with van der Waals surface area (Å²) in [7, 11) is 0. The second-order valence-corrected chi connectivity index (χ2v) is 5.57. The van der Waals surface area contributed by atoms with Crippen LogP contribution in [0.25, 0.3) is 10.8 Å². The van der Waals surface area contributed by atoms with Crippen molar-refractivity contribution in [1.29, 1.82) is 0 Å². The Kier molecular flexibility index (Phi) is 3.90. The normalized spacial score (nSPS) is 18.2. The average Bonchev–Trinajstić information content (AvgIpc) is 2.51. The second kappa shape index (κ2) is 5.81. The third-order valence-electron chi connectivity index (χ3n) is 4.34. The molecule has 20 heavy (non-hydrogen) atoms. The van der Waals surface area contributed by atoms with Crippen molar-refractivity contribution in [3.8, 4) is 5.75 Å². The third kappa shape index (κ3) is 2.39. The summed E-state index contributed by atoms with van der Waals surface area (Å²) in [5, 5.41) is 12.6. The van der Waals surface area contributed by atoms with Gasteiger partial charge >= 0.3 is 0 Å². The van der Waals surface area contributed by atoms with E-state index in [1.165, 1.54) is 19.3 Å². The van der Waals surface area contributed by atoms with Crippen molar-refractivity contribution in [3.63, 3.8) is 0 Å². The van der Waals surface area contributed by atoms with Gasteiger partial charge in [0.15, 0.2) is 0 Å². The molecule has 1 saturated heterocycles. The van der Waals surface area contributed by atoms with Crippen LogP contribution in [0.4, 0.5) is 0 Å². The first-order valence-electron chi connectivity index (χ1n) is 7.46. The molecule has 1 fully saturated rings. The van der Waals surface area contributed by atoms with Gasteiger partial charge in [0.25, 0.3) is 0 Å². The van der Waals surface area contributed by atoms with E-state index < -0.39 is 0 Å². The van der Waals surface area contributed by atoms with Crippen molar-refractivity contribution in [2.24, 2.45) is 5.73 Å². The predicted molar refractivity (Wildman–Crippen MR) is 82.8 cm³/mol. The molecule has 1 aliphatic heterocycles. The Bertz CT molecular complexity index is 591. The zero-order valence-electron chi connectivity index (χ0n) is 11.8. The van der Waals surface area contributed by atoms with Crippen LogP contribution in [0, 0.1) is 0 Å². The van der Waals surface area contributed by atoms with E-state index in [9.17, 15) is 5.11 Å². The van der Waals surface area contributed by atoms with Gasteiger partial charge < -0.3 is 10.8 Å². The lowest BCUT2D eigenvalue weighted by Crippen LogP contribution is -2.37. The molecule has 1 aliphatic rings. The predicted octanol–water partition coefficient (Wildman–Crippen LogP) is 3.03. The summed E-state index contributed by atoms with van der Waals surface area (Å²) in [6, 6.07) is 12.1. The molecule has 3 rings (SSSR count). The summed E-state index contributed by atoms with van der Waals surface area (Å²) in [5.41, 5.74) is 7.04. The van der Waals surface area contributed by atoms with Crippen molar-refractivity contribution >= 4 is 10.8 Å². The fourth-order valence-electron chi connectivity index (χ4n) is 3.31. The lowest BCUT2D eigenvalue weighted by molar-refractivity contribution is 0.166. The van der Waals surface area contributed by atoms with Crippen molar-refractivity contribution in [1.82, 2.24) is 4.90 Å². The molecule has 0 bridgehead atoms. The maximum Gasteiger partial charge on any atom is 0.121 e. The molecular weight excluding hydrogens is 248 g/mol. The number of hydrogen-bond acceptors (Lipinski definition) is 3. The van der Waals surface area contributed by atoms with Crippen molar-refractivity contribution in [2.45, 2.75) is 25.3 Å². The lowest BCUT2D eigenvalue weighted by atomic mass is 9.95. The van der Waals surface area contributed by atoms with E-state index >= 15 is 0 Å². The van der Waals surface area contributed by atoms with Gasteiger partial charge in [0, 0.05) is 12.1 Å². The minimum Gasteiger partial charge on any atom is -0.508 e. The summed E-state index contributed by atoms with van der Waals surface area (Å²) in [6.45, 7) is 2.69. The van der Waals surface area contributed by atoms with Gasteiger partial charge in [0.2, 0.25) is 0 Å². The van der Waals surface area contributed by atoms with Gasteiger partial charge in [-0.15, -0.1) is 0 Å². The average molecular weight is 270 g/mol. The molecule has 2 aromatic rings. The van der Waals surface area contributed by atoms with Gasteiger partial charge in [-0.2, -0.15) is 0 Å². The van der Waals surface area contributed by atoms with Crippen molar-refractivity contribution < 1.29 is 5.11 Å². The number of piperidine rings is 1. The van der Waals surface area contributed by atoms with Crippen LogP contribution in [0.5, 0.6) is 5.75 Å². The number of phenolic OH excluding ortho intramolecular Hbond substituents is 1. The molecule has 1 heterocycles. The van der Waals surface area contributed by atoms with Crippen molar-refractivity contribution in [2.75, 3.05) is 19.6 Å². The van der Waals surface area contributed by atoms with Crippen LogP contribution in [0.2, 0.25) is 0 Å². The summed E-state index contributed by atoms with van der Waals surface area (Å²) in [5.74, 6) is 0.365. The summed E-state index contributed by atoms with van der Waals surface area (Å²) in [6.07, 6.45) is 3.75. The SMILES string of the molecule is NCC(c1c(O)ccc2ccccc12)N1CCCCC1. The monoisotopic (exact) mass is 270 g/mol. The molecule has 3 N–H and O–H groups in total. The summed E-state index contributed by atoms with van der Waals surface area (Å²) in [4.78, 5) is 2.42. The number of hydrogen-bond donors (Lipinski definition) is 2. The molecule has 1 unspecified atom stereocenters. The number of benzene rings is 2. The third-order valence-corrected chi connectivity index (χ3v) is 4.34. The number of fused-ring (bicyclic) bond motifs is 1. The van der Waals surface area contributed by atoms with Gasteiger partial charge in [0.05, 0.1) is 6.04 Å². The highest BCUT2D eigenvalue weighted by Gasteiger charge is 2.24. The first kappa shape index (κ1) is 13.4. The van der Waals surface area contributed by atoms with Crippen molar-refractivity contribution in [3.05, 3.63) is 42.0 Å². The van der Waals surface area contributed by atoms with Crippen LogP contribution in [0.1, 0.15) is 30.9 Å². The molecule has 0 radical (unpaired) electrons. The maximum atomic E-state index is 10.4. The molecule has 0 aliphatic carbocycles. The van der Waals surface area contributed by atoms with E-state index in [4.69, 9.17) is 5.73 Å². The highest BCUT2D eigenvalue weighted by Crippen LogP contribution is 2.35. The number of phenols is 1. The Morgan fingerprint density at radius 3 is 2.55 bits per heavy atom. The van der Waals surface area contributed by atoms with Crippen LogP contribution < -0.4 is 5.73 Å². The van der Waals surface area contributed by atoms with Gasteiger partial charge in [-0.05, 0) is 42.8 Å². The zero-order valence-corrected chi connectivity index (χ0v) is 11.8. The largest absolute Gasteiger partial charge is 0.508 e. The fourth-order valence-corrected chi connectivity index (χ4v) is 3.31. The first-order chi connectivity index (χ1) is 9.81. The Morgan fingerprint density at radius 1 is 1.05 bits per heavy atom. The molecule has 106 valence electrons. The molecule has 0 spiro atoms. The standard InChI is InChI=1S/C17H22N2O/c18-12-15(19-10-4-1-5-11-19)17-14-7-3-2-6-13(14)8-9-16(17)20/h2-3,6-9,15,20H,1,4-5,10-12,18H2. The second-order valence-electron chi connectivity index (χ2n) is 5.57. The van der Waals surface area contributed by atoms with E-state index in [0.29, 0.717) is 12.3 Å². The molecule has 0 saturated carbocycles. The highest BCUT2D eigenvalue weighted by molar-refractivity contribution is 5.88. The number of rotatable bonds is 3. The lowest BCUT2D eigenvalue weighted by Gasteiger charge is -2.35. The Balaban J connectivity index is 2.08. The smallest absolute Gasteiger partial charge is 0.121 e. The number of nitrogens with zero attached hydrogens (tertiary/aromatic N) is 1. The molecule has 3 nitrogen and oxygen atoms in total. The molecule has 1 atom stereocenters. The Morgan fingerprint density at radius 2 is 1.80 bits per heavy atom. The Labute approximate surface area is 120 Å². The van der Waals surface area contributed by atoms with E-state index in [1.54, 1.807) is 6.07 Å². The van der Waals surface area contributed by atoms with E-state index in [-0.39, 0.29) is 6.04 Å². The van der Waals surface area contributed by atoms with Crippen LogP contribution in [-0.4, -0.2) is 29.6 Å². The molecule has 3 heteroatoms. The Hall–Kier alpha value is -1.58. The van der Waals surface area contributed by atoms with E-state index in [0.717, 1.165) is 29.4 Å². The molecule has 2 aromatic carbocycles. The van der Waals surface area contributed by atoms with Gasteiger partial charge in [0.1, 0.15) is 5.75 Å². The molecular formula is C17H22N2O. The van der Waals surface area contributed by atoms with Crippen LogP contribution >= 0.6 is 0 Å². The zero-order chi connectivity index (χ0) is 13.9. The highest BCUT2D eigenvalue weighted by atomic mass is 16.3. The van der Waals surface area contributed by atoms with Gasteiger partial charge in [-0.25, -0.2) is 0 Å². The fraction of sp³-hybridized carbons (Fsp3) is 0.412. The minimum atomic E-state index is 0.112. The summed E-state index contributed by atoms with van der Waals surface area (Å²) < 4.78 is 0. The number of likely N-dealkylation sites (tertiary alicyclic amines) is 1. The molecule has 0 aromatic heterocycles. The quantitative estimate of drug-likeness (QED) is 0.901. The number of aromatic hydroxyl groups is 1. The van der Waals surface area contributed by atoms with Gasteiger partial charge in [-0.3, -0.25) is 4.90 Å². The minimum absolute atomic E-state index is 0.112. The van der Waals surface area contributed by atoms with Crippen LogP contribution in [0.15, 0.2) is 36.4 Å². The van der Waals surface area contributed by atoms with E-state index in [2.05, 4.69) is 17.0 Å². The van der Waals surface area contributed by atoms with E-state index in [1.807, 2.05) is 18.2 Å². The topological polar surface area (TPSA) is 49.5 Å². The number of nitrogens with two attached hydrogens (primary N) is 1. The van der Waals surface area contributed by atoms with Crippen LogP contribution in [0.3, 0.4) is 0 Å². The van der Waals surface area contributed by atoms with Crippen LogP contribution in [-0.2, 0) is 0 Å². The first-order valence-corrected chi connectivity index (χ1v) is 7.46. The maximum absolute atomic E-state index is 10.4. The van der Waals surface area contributed by atoms with Gasteiger partial charge in [-0.1, -0.05) is 36.8 Å². The molecule has 0 amide bonds. The summed E-state index contributed by atoms with van der Waals surface area (Å²) >= 11 is 0.